The lowest BCUT2D eigenvalue weighted by Gasteiger charge is -2.28. The number of rotatable bonds is 7. The first-order chi connectivity index (χ1) is 16.6. The van der Waals surface area contributed by atoms with Crippen LogP contribution in [0.5, 0.6) is 5.75 Å². The van der Waals surface area contributed by atoms with Gasteiger partial charge in [-0.15, -0.1) is 0 Å². The Bertz CT molecular complexity index is 1310. The summed E-state index contributed by atoms with van der Waals surface area (Å²) < 4.78 is 12.2. The fourth-order valence-corrected chi connectivity index (χ4v) is 5.49. The monoisotopic (exact) mass is 475 g/mol. The van der Waals surface area contributed by atoms with Crippen LogP contribution >= 0.6 is 11.3 Å². The number of carbonyl (C=O) groups is 1. The van der Waals surface area contributed by atoms with Crippen molar-refractivity contribution in [2.45, 2.75) is 13.3 Å². The topological polar surface area (TPSA) is 54.9 Å². The molecule has 1 fully saturated rings. The Balaban J connectivity index is 1.48. The standard InChI is InChI=1S/C27H29N3O3S/c1-19-8-9-23-25(16-19)34-27(28-23)30(11-5-10-29-12-14-33-15-13-29)26(31)22-17-20-6-3-4-7-21(20)18-24(22)32-2/h3-4,6-9,16-18H,5,10-15H2,1-2H3. The number of morpholine rings is 1. The van der Waals surface area contributed by atoms with Gasteiger partial charge in [-0.1, -0.05) is 41.7 Å². The number of hydrogen-bond donors (Lipinski definition) is 0. The van der Waals surface area contributed by atoms with E-state index in [1.165, 1.54) is 5.56 Å². The Morgan fingerprint density at radius 1 is 1.12 bits per heavy atom. The highest BCUT2D eigenvalue weighted by atomic mass is 32.1. The number of hydrogen-bond acceptors (Lipinski definition) is 6. The Morgan fingerprint density at radius 2 is 1.88 bits per heavy atom. The van der Waals surface area contributed by atoms with Gasteiger partial charge in [0.2, 0.25) is 0 Å². The Morgan fingerprint density at radius 3 is 2.65 bits per heavy atom. The highest BCUT2D eigenvalue weighted by molar-refractivity contribution is 7.22. The smallest absolute Gasteiger partial charge is 0.263 e. The zero-order chi connectivity index (χ0) is 23.5. The molecule has 0 atom stereocenters. The zero-order valence-electron chi connectivity index (χ0n) is 19.6. The third kappa shape index (κ3) is 4.78. The van der Waals surface area contributed by atoms with E-state index in [0.717, 1.165) is 65.4 Å². The van der Waals surface area contributed by atoms with E-state index in [4.69, 9.17) is 14.5 Å². The van der Waals surface area contributed by atoms with Gasteiger partial charge in [-0.3, -0.25) is 14.6 Å². The highest BCUT2D eigenvalue weighted by Gasteiger charge is 2.25. The van der Waals surface area contributed by atoms with E-state index in [0.29, 0.717) is 17.9 Å². The second kappa shape index (κ2) is 10.1. The number of amides is 1. The first-order valence-electron chi connectivity index (χ1n) is 11.7. The maximum atomic E-state index is 14.0. The SMILES string of the molecule is COc1cc2ccccc2cc1C(=O)N(CCCN1CCOCC1)c1nc2ccc(C)cc2s1. The molecule has 0 N–H and O–H groups in total. The molecule has 0 spiro atoms. The van der Waals surface area contributed by atoms with E-state index in [9.17, 15) is 4.79 Å². The second-order valence-electron chi connectivity index (χ2n) is 8.63. The number of methoxy groups -OCH3 is 1. The average molecular weight is 476 g/mol. The Kier molecular flexibility index (Phi) is 6.76. The van der Waals surface area contributed by atoms with Crippen LogP contribution in [0.2, 0.25) is 0 Å². The third-order valence-corrected chi connectivity index (χ3v) is 7.31. The molecule has 0 radical (unpaired) electrons. The van der Waals surface area contributed by atoms with Gasteiger partial charge in [-0.25, -0.2) is 4.98 Å². The van der Waals surface area contributed by atoms with Crippen LogP contribution in [0.1, 0.15) is 22.3 Å². The molecule has 0 saturated carbocycles. The summed E-state index contributed by atoms with van der Waals surface area (Å²) in [5.74, 6) is 0.499. The van der Waals surface area contributed by atoms with Gasteiger partial charge in [-0.05, 0) is 53.9 Å². The lowest BCUT2D eigenvalue weighted by molar-refractivity contribution is 0.0376. The van der Waals surface area contributed by atoms with Crippen LogP contribution in [0.4, 0.5) is 5.13 Å². The summed E-state index contributed by atoms with van der Waals surface area (Å²) in [5, 5.41) is 2.79. The molecule has 1 aliphatic rings. The van der Waals surface area contributed by atoms with E-state index < -0.39 is 0 Å². The number of aryl methyl sites for hydroxylation is 1. The number of carbonyl (C=O) groups excluding carboxylic acids is 1. The summed E-state index contributed by atoms with van der Waals surface area (Å²) >= 11 is 1.57. The van der Waals surface area contributed by atoms with Crippen molar-refractivity contribution in [3.05, 3.63) is 65.7 Å². The predicted molar refractivity (Wildman–Crippen MR) is 138 cm³/mol. The number of ether oxygens (including phenoxy) is 2. The molecule has 2 heterocycles. The molecule has 7 heteroatoms. The van der Waals surface area contributed by atoms with Gasteiger partial charge in [0.05, 0.1) is 36.1 Å². The minimum absolute atomic E-state index is 0.0830. The lowest BCUT2D eigenvalue weighted by atomic mass is 10.0. The van der Waals surface area contributed by atoms with Crippen LogP contribution in [0.15, 0.2) is 54.6 Å². The first kappa shape index (κ1) is 22.8. The average Bonchev–Trinajstić information content (AvgIpc) is 3.28. The zero-order valence-corrected chi connectivity index (χ0v) is 20.4. The highest BCUT2D eigenvalue weighted by Crippen LogP contribution is 2.33. The molecule has 3 aromatic carbocycles. The fourth-order valence-electron chi connectivity index (χ4n) is 4.40. The van der Waals surface area contributed by atoms with Crippen molar-refractivity contribution in [1.29, 1.82) is 0 Å². The number of anilines is 1. The molecule has 0 aliphatic carbocycles. The molecule has 1 saturated heterocycles. The minimum atomic E-state index is -0.0830. The van der Waals surface area contributed by atoms with Crippen LogP contribution in [-0.2, 0) is 4.74 Å². The van der Waals surface area contributed by atoms with Gasteiger partial charge < -0.3 is 9.47 Å². The molecule has 5 rings (SSSR count). The third-order valence-electron chi connectivity index (χ3n) is 6.27. The van der Waals surface area contributed by atoms with Crippen molar-refractivity contribution in [2.75, 3.05) is 51.4 Å². The van der Waals surface area contributed by atoms with Crippen molar-refractivity contribution < 1.29 is 14.3 Å². The summed E-state index contributed by atoms with van der Waals surface area (Å²) in [6.45, 7) is 7.00. The molecule has 176 valence electrons. The maximum Gasteiger partial charge on any atom is 0.263 e. The van der Waals surface area contributed by atoms with Gasteiger partial charge in [0.25, 0.3) is 5.91 Å². The number of fused-ring (bicyclic) bond motifs is 2. The van der Waals surface area contributed by atoms with Crippen LogP contribution in [0, 0.1) is 6.92 Å². The normalized spacial score (nSPS) is 14.5. The molecule has 0 unspecified atom stereocenters. The van der Waals surface area contributed by atoms with Crippen LogP contribution in [-0.4, -0.2) is 62.3 Å². The largest absolute Gasteiger partial charge is 0.496 e. The molecule has 34 heavy (non-hydrogen) atoms. The molecular weight excluding hydrogens is 446 g/mol. The first-order valence-corrected chi connectivity index (χ1v) is 12.5. The molecule has 1 aromatic heterocycles. The van der Waals surface area contributed by atoms with Gasteiger partial charge in [0.15, 0.2) is 5.13 Å². The minimum Gasteiger partial charge on any atom is -0.496 e. The van der Waals surface area contributed by atoms with Crippen molar-refractivity contribution in [3.8, 4) is 5.75 Å². The summed E-state index contributed by atoms with van der Waals surface area (Å²) in [7, 11) is 1.62. The van der Waals surface area contributed by atoms with Gasteiger partial charge in [0, 0.05) is 26.2 Å². The van der Waals surface area contributed by atoms with E-state index in [1.54, 1.807) is 18.4 Å². The van der Waals surface area contributed by atoms with Gasteiger partial charge in [-0.2, -0.15) is 0 Å². The summed E-state index contributed by atoms with van der Waals surface area (Å²) in [6, 6.07) is 18.1. The van der Waals surface area contributed by atoms with Crippen molar-refractivity contribution in [3.63, 3.8) is 0 Å². The summed E-state index contributed by atoms with van der Waals surface area (Å²) in [4.78, 5) is 23.0. The predicted octanol–water partition coefficient (Wildman–Crippen LogP) is 5.14. The van der Waals surface area contributed by atoms with Crippen LogP contribution in [0.3, 0.4) is 0 Å². The van der Waals surface area contributed by atoms with E-state index in [-0.39, 0.29) is 5.91 Å². The fraction of sp³-hybridized carbons (Fsp3) is 0.333. The van der Waals surface area contributed by atoms with Gasteiger partial charge in [0.1, 0.15) is 5.75 Å². The quantitative estimate of drug-likeness (QED) is 0.371. The van der Waals surface area contributed by atoms with Crippen LogP contribution < -0.4 is 9.64 Å². The van der Waals surface area contributed by atoms with Crippen molar-refractivity contribution in [2.24, 2.45) is 0 Å². The molecule has 4 aromatic rings. The lowest BCUT2D eigenvalue weighted by Crippen LogP contribution is -2.39. The van der Waals surface area contributed by atoms with E-state index >= 15 is 0 Å². The Hall–Kier alpha value is -3.00. The molecule has 0 bridgehead atoms. The van der Waals surface area contributed by atoms with Crippen LogP contribution in [0.25, 0.3) is 21.0 Å². The second-order valence-corrected chi connectivity index (χ2v) is 9.64. The molecule has 1 amide bonds. The Labute approximate surface area is 203 Å². The molecular formula is C27H29N3O3S. The van der Waals surface area contributed by atoms with Crippen molar-refractivity contribution in [1.82, 2.24) is 9.88 Å². The number of nitrogens with zero attached hydrogens (tertiary/aromatic N) is 3. The van der Waals surface area contributed by atoms with E-state index in [1.807, 2.05) is 47.4 Å². The summed E-state index contributed by atoms with van der Waals surface area (Å²) in [6.07, 6.45) is 0.858. The maximum absolute atomic E-state index is 14.0. The number of thiazole rings is 1. The van der Waals surface area contributed by atoms with E-state index in [2.05, 4.69) is 24.0 Å². The van der Waals surface area contributed by atoms with Crippen molar-refractivity contribution >= 4 is 43.4 Å². The number of aromatic nitrogens is 1. The number of benzene rings is 3. The molecule has 6 nitrogen and oxygen atoms in total. The summed E-state index contributed by atoms with van der Waals surface area (Å²) in [5.41, 5.74) is 2.66. The van der Waals surface area contributed by atoms with Gasteiger partial charge >= 0.3 is 0 Å². The molecule has 1 aliphatic heterocycles.